The van der Waals surface area contributed by atoms with E-state index in [0.29, 0.717) is 0 Å². The molecular formula is C4H11O6P. The predicted octanol–water partition coefficient (Wildman–Crippen LogP) is -1.90. The largest absolute Gasteiger partial charge is 0.394 e. The molecule has 0 saturated carbocycles. The Morgan fingerprint density at radius 3 is 2.27 bits per heavy atom. The van der Waals surface area contributed by atoms with Crippen LogP contribution in [0.5, 0.6) is 0 Å². The first-order valence-corrected chi connectivity index (χ1v) is 4.17. The molecular weight excluding hydrogens is 175 g/mol. The molecule has 1 unspecified atom stereocenters. The molecule has 68 valence electrons. The van der Waals surface area contributed by atoms with E-state index in [-0.39, 0.29) is 0 Å². The van der Waals surface area contributed by atoms with Crippen molar-refractivity contribution in [2.45, 2.75) is 12.2 Å². The molecule has 0 aliphatic carbocycles. The molecule has 0 aliphatic rings. The molecule has 0 bridgehead atoms. The molecule has 6 nitrogen and oxygen atoms in total. The Morgan fingerprint density at radius 1 is 1.36 bits per heavy atom. The molecule has 0 aromatic rings. The first kappa shape index (κ1) is 11.0. The number of rotatable bonds is 5. The van der Waals surface area contributed by atoms with E-state index in [1.54, 1.807) is 0 Å². The first-order chi connectivity index (χ1) is 5.07. The minimum atomic E-state index is -3.07. The van der Waals surface area contributed by atoms with Gasteiger partial charge in [-0.25, -0.2) is 0 Å². The van der Waals surface area contributed by atoms with Crippen molar-refractivity contribution in [2.75, 3.05) is 13.2 Å². The fraction of sp³-hybridized carbons (Fsp3) is 1.00. The molecule has 0 heterocycles. The number of hydrogen-bond acceptors (Lipinski definition) is 5. The molecule has 0 radical (unpaired) electrons. The Balaban J connectivity index is 3.51. The third-order valence-corrected chi connectivity index (χ3v) is 1.42. The van der Waals surface area contributed by atoms with Crippen LogP contribution in [0.1, 0.15) is 0 Å². The Bertz CT molecular complexity index is 128. The molecule has 7 heteroatoms. The summed E-state index contributed by atoms with van der Waals surface area (Å²) in [4.78, 5) is 8.12. The number of aliphatic hydroxyl groups is 3. The highest BCUT2D eigenvalue weighted by atomic mass is 31.1. The molecule has 4 N–H and O–H groups in total. The van der Waals surface area contributed by atoms with Gasteiger partial charge in [-0.05, 0) is 0 Å². The Labute approximate surface area is 64.0 Å². The van der Waals surface area contributed by atoms with E-state index in [4.69, 9.17) is 20.2 Å². The predicted molar refractivity (Wildman–Crippen MR) is 36.3 cm³/mol. The van der Waals surface area contributed by atoms with Gasteiger partial charge in [0.1, 0.15) is 12.2 Å². The van der Waals surface area contributed by atoms with Gasteiger partial charge in [-0.2, -0.15) is 0 Å². The molecule has 0 spiro atoms. The maximum Gasteiger partial charge on any atom is 0.316 e. The summed E-state index contributed by atoms with van der Waals surface area (Å²) in [5, 5.41) is 25.8. The van der Waals surface area contributed by atoms with E-state index < -0.39 is 33.7 Å². The zero-order valence-corrected chi connectivity index (χ0v) is 6.67. The van der Waals surface area contributed by atoms with Crippen molar-refractivity contribution in [2.24, 2.45) is 0 Å². The highest BCUT2D eigenvalue weighted by molar-refractivity contribution is 7.32. The molecule has 0 aromatic carbocycles. The lowest BCUT2D eigenvalue weighted by atomic mass is 10.2. The summed E-state index contributed by atoms with van der Waals surface area (Å²) >= 11 is 0. The van der Waals surface area contributed by atoms with Gasteiger partial charge in [-0.15, -0.1) is 0 Å². The van der Waals surface area contributed by atoms with Gasteiger partial charge in [0, 0.05) is 0 Å². The van der Waals surface area contributed by atoms with Gasteiger partial charge in [0.05, 0.1) is 13.2 Å². The van der Waals surface area contributed by atoms with Crippen LogP contribution in [0.3, 0.4) is 0 Å². The maximum atomic E-state index is 9.92. The van der Waals surface area contributed by atoms with E-state index in [9.17, 15) is 4.57 Å². The van der Waals surface area contributed by atoms with Gasteiger partial charge >= 0.3 is 8.25 Å². The molecule has 0 fully saturated rings. The molecule has 0 aliphatic heterocycles. The maximum absolute atomic E-state index is 9.92. The minimum Gasteiger partial charge on any atom is -0.394 e. The second-order valence-electron chi connectivity index (χ2n) is 1.89. The lowest BCUT2D eigenvalue weighted by Crippen LogP contribution is -2.32. The lowest BCUT2D eigenvalue weighted by Gasteiger charge is -2.13. The van der Waals surface area contributed by atoms with Crippen molar-refractivity contribution in [1.29, 1.82) is 0 Å². The monoisotopic (exact) mass is 186 g/mol. The van der Waals surface area contributed by atoms with E-state index in [0.717, 1.165) is 0 Å². The topological polar surface area (TPSA) is 107 Å². The van der Waals surface area contributed by atoms with E-state index in [1.807, 2.05) is 0 Å². The summed E-state index contributed by atoms with van der Waals surface area (Å²) in [6, 6.07) is 0. The van der Waals surface area contributed by atoms with Gasteiger partial charge in [-0.3, -0.25) is 4.57 Å². The molecule has 0 rings (SSSR count). The fourth-order valence-corrected chi connectivity index (χ4v) is 0.703. The highest BCUT2D eigenvalue weighted by Crippen LogP contribution is 2.14. The smallest absolute Gasteiger partial charge is 0.316 e. The zero-order chi connectivity index (χ0) is 8.85. The van der Waals surface area contributed by atoms with Gasteiger partial charge in [-0.1, -0.05) is 0 Å². The van der Waals surface area contributed by atoms with Crippen LogP contribution in [-0.4, -0.2) is 45.6 Å². The van der Waals surface area contributed by atoms with Crippen LogP contribution >= 0.6 is 8.25 Å². The summed E-state index contributed by atoms with van der Waals surface area (Å²) < 4.78 is 14.0. The first-order valence-electron chi connectivity index (χ1n) is 2.90. The molecule has 0 saturated heterocycles. The SMILES string of the molecule is O=[PH](O)OC[C@H](O)[C@H](O)CO. The summed E-state index contributed by atoms with van der Waals surface area (Å²) in [6.07, 6.45) is -2.67. The minimum absolute atomic E-state index is 0.462. The van der Waals surface area contributed by atoms with Crippen LogP contribution in [0.25, 0.3) is 0 Å². The molecule has 0 aromatic heterocycles. The van der Waals surface area contributed by atoms with Crippen LogP contribution in [0.2, 0.25) is 0 Å². The quantitative estimate of drug-likeness (QED) is 0.373. The standard InChI is InChI=1S/C4H11O6P/c5-1-3(6)4(7)2-10-11(8)9/h3-7,11H,1-2H2,(H,8,9)/t3-,4+/m1/s1. The van der Waals surface area contributed by atoms with E-state index in [1.165, 1.54) is 0 Å². The summed E-state index contributed by atoms with van der Waals surface area (Å²) in [7, 11) is -3.07. The van der Waals surface area contributed by atoms with Crippen LogP contribution < -0.4 is 0 Å². The van der Waals surface area contributed by atoms with Crippen LogP contribution in [0.4, 0.5) is 0 Å². The Morgan fingerprint density at radius 2 is 1.91 bits per heavy atom. The van der Waals surface area contributed by atoms with E-state index in [2.05, 4.69) is 4.52 Å². The van der Waals surface area contributed by atoms with Gasteiger partial charge < -0.3 is 24.7 Å². The lowest BCUT2D eigenvalue weighted by molar-refractivity contribution is -0.0342. The number of aliphatic hydroxyl groups excluding tert-OH is 3. The van der Waals surface area contributed by atoms with Crippen LogP contribution in [-0.2, 0) is 9.09 Å². The number of hydrogen-bond donors (Lipinski definition) is 4. The molecule has 3 atom stereocenters. The van der Waals surface area contributed by atoms with E-state index >= 15 is 0 Å². The van der Waals surface area contributed by atoms with Crippen molar-refractivity contribution >= 4 is 8.25 Å². The average molecular weight is 186 g/mol. The third kappa shape index (κ3) is 5.32. The van der Waals surface area contributed by atoms with Crippen LogP contribution in [0.15, 0.2) is 0 Å². The average Bonchev–Trinajstić information content (AvgIpc) is 1.98. The summed E-state index contributed by atoms with van der Waals surface area (Å²) in [6.45, 7) is -1.08. The third-order valence-electron chi connectivity index (χ3n) is 1.01. The van der Waals surface area contributed by atoms with Crippen molar-refractivity contribution in [3.8, 4) is 0 Å². The summed E-state index contributed by atoms with van der Waals surface area (Å²) in [5.74, 6) is 0. The second kappa shape index (κ2) is 5.65. The summed E-state index contributed by atoms with van der Waals surface area (Å²) in [5.41, 5.74) is 0. The van der Waals surface area contributed by atoms with Crippen molar-refractivity contribution in [3.05, 3.63) is 0 Å². The van der Waals surface area contributed by atoms with Gasteiger partial charge in [0.2, 0.25) is 0 Å². The van der Waals surface area contributed by atoms with Crippen LogP contribution in [0, 0.1) is 0 Å². The van der Waals surface area contributed by atoms with Gasteiger partial charge in [0.25, 0.3) is 0 Å². The normalized spacial score (nSPS) is 19.3. The molecule has 11 heavy (non-hydrogen) atoms. The zero-order valence-electron chi connectivity index (χ0n) is 5.67. The van der Waals surface area contributed by atoms with Crippen molar-refractivity contribution in [1.82, 2.24) is 0 Å². The Hall–Kier alpha value is 0.0300. The second-order valence-corrected chi connectivity index (χ2v) is 2.71. The highest BCUT2D eigenvalue weighted by Gasteiger charge is 2.15. The van der Waals surface area contributed by atoms with Crippen molar-refractivity contribution in [3.63, 3.8) is 0 Å². The van der Waals surface area contributed by atoms with Crippen molar-refractivity contribution < 1.29 is 29.3 Å². The molecule has 0 amide bonds. The fourth-order valence-electron chi connectivity index (χ4n) is 0.389. The van der Waals surface area contributed by atoms with Gasteiger partial charge in [0.15, 0.2) is 0 Å². The Kier molecular flexibility index (Phi) is 5.67.